The molecule has 1 aromatic heterocycles. The minimum Gasteiger partial charge on any atom is -0.377 e. The van der Waals surface area contributed by atoms with Crippen molar-refractivity contribution in [3.63, 3.8) is 0 Å². The number of anilines is 1. The van der Waals surface area contributed by atoms with Crippen LogP contribution in [0.3, 0.4) is 0 Å². The Morgan fingerprint density at radius 2 is 1.72 bits per heavy atom. The summed E-state index contributed by atoms with van der Waals surface area (Å²) in [5, 5.41) is 15.7. The molecule has 4 aromatic rings. The molecule has 0 amide bonds. The van der Waals surface area contributed by atoms with Crippen LogP contribution in [0.1, 0.15) is 34.3 Å². The van der Waals surface area contributed by atoms with Crippen LogP contribution in [0.5, 0.6) is 0 Å². The molecule has 2 unspecified atom stereocenters. The second kappa shape index (κ2) is 7.18. The number of benzene rings is 3. The van der Waals surface area contributed by atoms with E-state index in [1.165, 1.54) is 16.7 Å². The second-order valence-corrected chi connectivity index (χ2v) is 7.45. The number of aromatic nitrogens is 2. The first-order chi connectivity index (χ1) is 14.3. The Bertz CT molecular complexity index is 1220. The van der Waals surface area contributed by atoms with E-state index in [1.54, 1.807) is 0 Å². The van der Waals surface area contributed by atoms with Gasteiger partial charge in [-0.3, -0.25) is 4.79 Å². The number of nitrogens with zero attached hydrogens (tertiary/aromatic N) is 1. The van der Waals surface area contributed by atoms with Gasteiger partial charge in [-0.05, 0) is 35.9 Å². The van der Waals surface area contributed by atoms with Gasteiger partial charge in [0.15, 0.2) is 0 Å². The van der Waals surface area contributed by atoms with Crippen molar-refractivity contribution >= 4 is 16.5 Å². The lowest BCUT2D eigenvalue weighted by Crippen LogP contribution is -2.28. The minimum absolute atomic E-state index is 0.0165. The average molecular weight is 382 g/mol. The maximum absolute atomic E-state index is 12.4. The molecule has 0 aliphatic carbocycles. The van der Waals surface area contributed by atoms with Gasteiger partial charge < -0.3 is 10.6 Å². The predicted molar refractivity (Wildman–Crippen MR) is 116 cm³/mol. The molecule has 0 saturated carbocycles. The van der Waals surface area contributed by atoms with Gasteiger partial charge in [-0.15, -0.1) is 0 Å². The quantitative estimate of drug-likeness (QED) is 0.500. The van der Waals surface area contributed by atoms with E-state index in [2.05, 4.69) is 69.4 Å². The van der Waals surface area contributed by atoms with Gasteiger partial charge in [-0.1, -0.05) is 60.7 Å². The maximum Gasteiger partial charge on any atom is 0.272 e. The van der Waals surface area contributed by atoms with Crippen molar-refractivity contribution in [3.8, 4) is 0 Å². The summed E-state index contributed by atoms with van der Waals surface area (Å²) < 4.78 is 0. The van der Waals surface area contributed by atoms with Gasteiger partial charge in [-0.2, -0.15) is 5.10 Å². The fraction of sp³-hybridized carbons (Fsp3) is 0.167. The van der Waals surface area contributed by atoms with Gasteiger partial charge in [0.25, 0.3) is 5.56 Å². The molecule has 0 saturated heterocycles. The lowest BCUT2D eigenvalue weighted by atomic mass is 9.80. The van der Waals surface area contributed by atoms with Crippen LogP contribution >= 0.6 is 0 Å². The summed E-state index contributed by atoms with van der Waals surface area (Å²) in [7, 11) is 1.95. The Labute approximate surface area is 168 Å². The molecule has 0 fully saturated rings. The third-order valence-corrected chi connectivity index (χ3v) is 5.66. The summed E-state index contributed by atoms with van der Waals surface area (Å²) in [4.78, 5) is 12.4. The highest BCUT2D eigenvalue weighted by Gasteiger charge is 2.34. The predicted octanol–water partition coefficient (Wildman–Crippen LogP) is 3.94. The lowest BCUT2D eigenvalue weighted by molar-refractivity contribution is 0.638. The summed E-state index contributed by atoms with van der Waals surface area (Å²) in [6.07, 6.45) is 0. The van der Waals surface area contributed by atoms with E-state index in [9.17, 15) is 4.79 Å². The monoisotopic (exact) mass is 382 g/mol. The molecule has 144 valence electrons. The zero-order valence-corrected chi connectivity index (χ0v) is 16.1. The standard InChI is InChI=1S/C24H22N4O/c1-25-14-15-10-12-16(13-11-15)20-22(17-6-3-2-4-7-17)26-19-9-5-8-18-21(19)23(20)27-28-24(18)29/h2-13,20,22,25-26H,14H2,1H3,(H,28,29). The van der Waals surface area contributed by atoms with Crippen molar-refractivity contribution in [1.29, 1.82) is 0 Å². The molecule has 5 heteroatoms. The van der Waals surface area contributed by atoms with E-state index in [0.29, 0.717) is 5.39 Å². The van der Waals surface area contributed by atoms with E-state index in [0.717, 1.165) is 23.3 Å². The van der Waals surface area contributed by atoms with Crippen LogP contribution in [0.15, 0.2) is 77.6 Å². The molecular formula is C24H22N4O. The summed E-state index contributed by atoms with van der Waals surface area (Å²) in [5.41, 5.74) is 5.29. The van der Waals surface area contributed by atoms with Gasteiger partial charge in [0, 0.05) is 17.6 Å². The first-order valence-corrected chi connectivity index (χ1v) is 9.82. The van der Waals surface area contributed by atoms with Gasteiger partial charge in [0.2, 0.25) is 0 Å². The molecule has 0 spiro atoms. The number of rotatable bonds is 4. The van der Waals surface area contributed by atoms with Crippen molar-refractivity contribution in [1.82, 2.24) is 15.5 Å². The summed E-state index contributed by atoms with van der Waals surface area (Å²) in [6, 6.07) is 24.9. The zero-order valence-electron chi connectivity index (χ0n) is 16.1. The van der Waals surface area contributed by atoms with E-state index < -0.39 is 0 Å². The van der Waals surface area contributed by atoms with Gasteiger partial charge in [0.05, 0.1) is 23.0 Å². The third kappa shape index (κ3) is 3.00. The molecule has 3 aromatic carbocycles. The first-order valence-electron chi connectivity index (χ1n) is 9.82. The lowest BCUT2D eigenvalue weighted by Gasteiger charge is -2.34. The van der Waals surface area contributed by atoms with Crippen molar-refractivity contribution in [2.75, 3.05) is 12.4 Å². The van der Waals surface area contributed by atoms with Crippen molar-refractivity contribution in [2.45, 2.75) is 18.5 Å². The highest BCUT2D eigenvalue weighted by molar-refractivity contribution is 5.97. The fourth-order valence-electron chi connectivity index (χ4n) is 4.33. The second-order valence-electron chi connectivity index (χ2n) is 7.45. The number of aromatic amines is 1. The Balaban J connectivity index is 1.73. The maximum atomic E-state index is 12.4. The smallest absolute Gasteiger partial charge is 0.272 e. The van der Waals surface area contributed by atoms with Crippen LogP contribution in [-0.4, -0.2) is 17.2 Å². The summed E-state index contributed by atoms with van der Waals surface area (Å²) in [5.74, 6) is -0.0183. The van der Waals surface area contributed by atoms with Crippen molar-refractivity contribution < 1.29 is 0 Å². The third-order valence-electron chi connectivity index (χ3n) is 5.66. The van der Waals surface area contributed by atoms with E-state index in [4.69, 9.17) is 0 Å². The molecule has 2 heterocycles. The Hall–Kier alpha value is -3.44. The molecule has 29 heavy (non-hydrogen) atoms. The molecule has 0 radical (unpaired) electrons. The van der Waals surface area contributed by atoms with Crippen molar-refractivity contribution in [2.24, 2.45) is 0 Å². The van der Waals surface area contributed by atoms with E-state index in [1.807, 2.05) is 31.3 Å². The van der Waals surface area contributed by atoms with Crippen LogP contribution in [0, 0.1) is 0 Å². The number of hydrogen-bond acceptors (Lipinski definition) is 4. The van der Waals surface area contributed by atoms with Crippen molar-refractivity contribution in [3.05, 3.63) is 106 Å². The van der Waals surface area contributed by atoms with Gasteiger partial charge >= 0.3 is 0 Å². The first kappa shape index (κ1) is 17.6. The molecule has 5 rings (SSSR count). The zero-order chi connectivity index (χ0) is 19.8. The van der Waals surface area contributed by atoms with Crippen LogP contribution in [0.4, 0.5) is 5.69 Å². The molecule has 5 nitrogen and oxygen atoms in total. The number of H-pyrrole nitrogens is 1. The average Bonchev–Trinajstić information content (AvgIpc) is 2.77. The summed E-state index contributed by atoms with van der Waals surface area (Å²) >= 11 is 0. The Kier molecular flexibility index (Phi) is 4.37. The highest BCUT2D eigenvalue weighted by atomic mass is 16.1. The molecular weight excluding hydrogens is 360 g/mol. The van der Waals surface area contributed by atoms with Crippen LogP contribution in [0.25, 0.3) is 10.8 Å². The topological polar surface area (TPSA) is 69.8 Å². The SMILES string of the molecule is CNCc1ccc(C2c3n[nH]c(=O)c4cccc(c34)NC2c2ccccc2)cc1. The van der Waals surface area contributed by atoms with Gasteiger partial charge in [-0.25, -0.2) is 5.10 Å². The molecule has 1 aliphatic rings. The fourth-order valence-corrected chi connectivity index (χ4v) is 4.33. The Morgan fingerprint density at radius 1 is 0.931 bits per heavy atom. The number of nitrogens with one attached hydrogen (secondary N) is 3. The van der Waals surface area contributed by atoms with E-state index >= 15 is 0 Å². The van der Waals surface area contributed by atoms with Crippen LogP contribution in [-0.2, 0) is 6.54 Å². The molecule has 2 atom stereocenters. The largest absolute Gasteiger partial charge is 0.377 e. The highest BCUT2D eigenvalue weighted by Crippen LogP contribution is 2.46. The molecule has 1 aliphatic heterocycles. The number of hydrogen-bond donors (Lipinski definition) is 3. The molecule has 0 bridgehead atoms. The van der Waals surface area contributed by atoms with Gasteiger partial charge in [0.1, 0.15) is 0 Å². The normalized spacial score (nSPS) is 17.8. The van der Waals surface area contributed by atoms with E-state index in [-0.39, 0.29) is 17.5 Å². The molecule has 3 N–H and O–H groups in total. The van der Waals surface area contributed by atoms with Crippen LogP contribution < -0.4 is 16.2 Å². The Morgan fingerprint density at radius 3 is 2.48 bits per heavy atom. The summed E-state index contributed by atoms with van der Waals surface area (Å²) in [6.45, 7) is 0.829. The van der Waals surface area contributed by atoms with Crippen LogP contribution in [0.2, 0.25) is 0 Å². The minimum atomic E-state index is -0.159.